The molecule has 0 amide bonds. The van der Waals surface area contributed by atoms with Gasteiger partial charge in [-0.1, -0.05) is 152 Å². The van der Waals surface area contributed by atoms with E-state index >= 15 is 0 Å². The lowest BCUT2D eigenvalue weighted by Gasteiger charge is -2.28. The molecule has 70 heavy (non-hydrogen) atoms. The normalized spacial score (nSPS) is 11.7. The highest BCUT2D eigenvalue weighted by Crippen LogP contribution is 2.46. The number of hydrogen-bond donors (Lipinski definition) is 0. The van der Waals surface area contributed by atoms with Crippen molar-refractivity contribution in [3.05, 3.63) is 267 Å². The summed E-state index contributed by atoms with van der Waals surface area (Å²) in [6.07, 6.45) is 0. The van der Waals surface area contributed by atoms with Crippen LogP contribution < -0.4 is 9.80 Å². The maximum atomic E-state index is 2.44. The van der Waals surface area contributed by atoms with Gasteiger partial charge in [0, 0.05) is 66.7 Å². The van der Waals surface area contributed by atoms with Gasteiger partial charge in [0.2, 0.25) is 0 Å². The Morgan fingerprint density at radius 1 is 0.229 bits per heavy atom. The quantitative estimate of drug-likeness (QED) is 0.141. The van der Waals surface area contributed by atoms with E-state index in [1.807, 2.05) is 0 Å². The third-order valence-electron chi connectivity index (χ3n) is 14.2. The first kappa shape index (κ1) is 39.8. The molecule has 0 fully saturated rings. The predicted octanol–water partition coefficient (Wildman–Crippen LogP) is 18.3. The summed E-state index contributed by atoms with van der Waals surface area (Å²) in [5.74, 6) is 0. The summed E-state index contributed by atoms with van der Waals surface area (Å²) in [5, 5.41) is 12.1. The van der Waals surface area contributed by atoms with Gasteiger partial charge in [0.1, 0.15) is 0 Å². The first-order valence-corrected chi connectivity index (χ1v) is 24.0. The van der Waals surface area contributed by atoms with Gasteiger partial charge in [-0.05, 0) is 142 Å². The van der Waals surface area contributed by atoms with Gasteiger partial charge in [0.25, 0.3) is 0 Å². The third kappa shape index (κ3) is 6.31. The zero-order valence-electron chi connectivity index (χ0n) is 38.2. The minimum atomic E-state index is 1.10. The molecule has 0 bridgehead atoms. The number of rotatable bonds is 8. The van der Waals surface area contributed by atoms with Gasteiger partial charge in [-0.15, -0.1) is 0 Å². The largest absolute Gasteiger partial charge is 0.310 e. The highest BCUT2D eigenvalue weighted by Gasteiger charge is 2.22. The van der Waals surface area contributed by atoms with Crippen molar-refractivity contribution in [3.8, 4) is 11.4 Å². The van der Waals surface area contributed by atoms with Crippen LogP contribution >= 0.6 is 0 Å². The molecule has 2 aromatic heterocycles. The number of aromatic nitrogens is 2. The van der Waals surface area contributed by atoms with E-state index in [-0.39, 0.29) is 0 Å². The summed E-state index contributed by atoms with van der Waals surface area (Å²) in [5.41, 5.74) is 13.7. The monoisotopic (exact) mass is 892 g/mol. The zero-order chi connectivity index (χ0) is 46.1. The molecule has 4 nitrogen and oxygen atoms in total. The van der Waals surface area contributed by atoms with E-state index < -0.39 is 0 Å². The first-order valence-electron chi connectivity index (χ1n) is 24.0. The smallest absolute Gasteiger partial charge is 0.0546 e. The third-order valence-corrected chi connectivity index (χ3v) is 14.2. The average molecular weight is 893 g/mol. The molecule has 0 spiro atoms. The van der Waals surface area contributed by atoms with Crippen LogP contribution in [0.25, 0.3) is 87.3 Å². The molecule has 0 N–H and O–H groups in total. The lowest BCUT2D eigenvalue weighted by atomic mass is 9.95. The van der Waals surface area contributed by atoms with E-state index in [1.54, 1.807) is 0 Å². The van der Waals surface area contributed by atoms with Crippen molar-refractivity contribution < 1.29 is 0 Å². The molecule has 12 aromatic carbocycles. The molecular weight excluding hydrogens is 849 g/mol. The van der Waals surface area contributed by atoms with Crippen molar-refractivity contribution in [2.75, 3.05) is 9.80 Å². The molecule has 14 rings (SSSR count). The van der Waals surface area contributed by atoms with Gasteiger partial charge in [0.15, 0.2) is 0 Å². The van der Waals surface area contributed by atoms with Crippen molar-refractivity contribution in [3.63, 3.8) is 0 Å². The average Bonchev–Trinajstić information content (AvgIpc) is 3.94. The zero-order valence-corrected chi connectivity index (χ0v) is 38.2. The SMILES string of the molecule is c1ccc(N(c2ccc3ccc4c(ccc5cccc(N(c6ccccc6)c6ccc7c(c6)c6ccccc6n7-c6ccccc6)c54)c3c2)c2ccc3c(c2)c2ccccc2n3-c2ccccc2)cc1. The van der Waals surface area contributed by atoms with Crippen LogP contribution in [0.1, 0.15) is 0 Å². The molecule has 0 atom stereocenters. The molecule has 0 saturated heterocycles. The Labute approximate surface area is 405 Å². The first-order chi connectivity index (χ1) is 34.7. The Bertz CT molecular complexity index is 4290. The van der Waals surface area contributed by atoms with E-state index in [1.165, 1.54) is 75.9 Å². The van der Waals surface area contributed by atoms with Gasteiger partial charge >= 0.3 is 0 Å². The Hall–Kier alpha value is -9.38. The van der Waals surface area contributed by atoms with Crippen LogP contribution in [-0.2, 0) is 0 Å². The van der Waals surface area contributed by atoms with Crippen molar-refractivity contribution in [2.45, 2.75) is 0 Å². The molecule has 0 aliphatic rings. The van der Waals surface area contributed by atoms with Crippen LogP contribution in [0.3, 0.4) is 0 Å². The Morgan fingerprint density at radius 2 is 0.657 bits per heavy atom. The summed E-state index contributed by atoms with van der Waals surface area (Å²) in [6, 6.07) is 97.3. The maximum Gasteiger partial charge on any atom is 0.0546 e. The van der Waals surface area contributed by atoms with E-state index in [0.29, 0.717) is 0 Å². The molecule has 2 heterocycles. The molecule has 0 saturated carbocycles. The molecule has 4 heteroatoms. The van der Waals surface area contributed by atoms with E-state index in [9.17, 15) is 0 Å². The summed E-state index contributed by atoms with van der Waals surface area (Å²) < 4.78 is 4.76. The highest BCUT2D eigenvalue weighted by molar-refractivity contribution is 6.22. The van der Waals surface area contributed by atoms with Gasteiger partial charge in [-0.2, -0.15) is 0 Å². The molecule has 14 aromatic rings. The van der Waals surface area contributed by atoms with Crippen LogP contribution in [0.4, 0.5) is 34.1 Å². The topological polar surface area (TPSA) is 16.3 Å². The molecule has 0 aliphatic heterocycles. The second-order valence-electron chi connectivity index (χ2n) is 18.1. The second kappa shape index (κ2) is 16.2. The van der Waals surface area contributed by atoms with Crippen molar-refractivity contribution in [1.29, 1.82) is 0 Å². The molecule has 0 radical (unpaired) electrons. The highest BCUT2D eigenvalue weighted by atomic mass is 15.2. The number of hydrogen-bond acceptors (Lipinski definition) is 2. The fourth-order valence-electron chi connectivity index (χ4n) is 11.2. The number of para-hydroxylation sites is 6. The van der Waals surface area contributed by atoms with Gasteiger partial charge in [0.05, 0.1) is 27.8 Å². The van der Waals surface area contributed by atoms with Crippen LogP contribution in [0.5, 0.6) is 0 Å². The minimum absolute atomic E-state index is 1.10. The van der Waals surface area contributed by atoms with Crippen LogP contribution in [0.15, 0.2) is 267 Å². The van der Waals surface area contributed by atoms with Crippen molar-refractivity contribution in [2.24, 2.45) is 0 Å². The Morgan fingerprint density at radius 3 is 1.24 bits per heavy atom. The summed E-state index contributed by atoms with van der Waals surface area (Å²) >= 11 is 0. The summed E-state index contributed by atoms with van der Waals surface area (Å²) in [7, 11) is 0. The maximum absolute atomic E-state index is 2.44. The van der Waals surface area contributed by atoms with Crippen molar-refractivity contribution in [1.82, 2.24) is 9.13 Å². The van der Waals surface area contributed by atoms with E-state index in [0.717, 1.165) is 45.5 Å². The molecule has 0 unspecified atom stereocenters. The fraction of sp³-hybridized carbons (Fsp3) is 0. The number of nitrogens with zero attached hydrogens (tertiary/aromatic N) is 4. The second-order valence-corrected chi connectivity index (χ2v) is 18.1. The van der Waals surface area contributed by atoms with E-state index in [4.69, 9.17) is 0 Å². The Kier molecular flexibility index (Phi) is 9.17. The van der Waals surface area contributed by atoms with Gasteiger partial charge in [-0.3, -0.25) is 0 Å². The number of fused-ring (bicyclic) bond motifs is 11. The lowest BCUT2D eigenvalue weighted by Crippen LogP contribution is -2.10. The molecular formula is C66H44N4. The van der Waals surface area contributed by atoms with E-state index in [2.05, 4.69) is 286 Å². The lowest BCUT2D eigenvalue weighted by molar-refractivity contribution is 1.18. The van der Waals surface area contributed by atoms with Gasteiger partial charge in [-0.25, -0.2) is 0 Å². The Balaban J connectivity index is 0.960. The van der Waals surface area contributed by atoms with Gasteiger partial charge < -0.3 is 18.9 Å². The van der Waals surface area contributed by atoms with Crippen LogP contribution in [-0.4, -0.2) is 9.13 Å². The summed E-state index contributed by atoms with van der Waals surface area (Å²) in [4.78, 5) is 4.85. The minimum Gasteiger partial charge on any atom is -0.310 e. The molecule has 0 aliphatic carbocycles. The number of benzene rings is 12. The molecule has 328 valence electrons. The van der Waals surface area contributed by atoms with Crippen LogP contribution in [0, 0.1) is 0 Å². The van der Waals surface area contributed by atoms with Crippen molar-refractivity contribution >= 4 is 110 Å². The predicted molar refractivity (Wildman–Crippen MR) is 297 cm³/mol. The van der Waals surface area contributed by atoms with Crippen LogP contribution in [0.2, 0.25) is 0 Å². The standard InChI is InChI=1S/C66H44N4/c1-5-19-47(20-6-1)67(52-36-40-63-59(43-52)55-27-13-15-29-61(55)69(63)49-23-9-3-10-24-49)51-35-32-45-33-39-57-54(58(45)42-51)38-34-46-18-17-31-65(66(46)57)68(48-21-7-2-8-22-48)53-37-41-64-60(44-53)56-28-14-16-30-62(56)70(64)50-25-11-4-12-26-50/h1-44H. The number of anilines is 6. The fourth-order valence-corrected chi connectivity index (χ4v) is 11.2. The summed E-state index contributed by atoms with van der Waals surface area (Å²) in [6.45, 7) is 0.